The Morgan fingerprint density at radius 1 is 1.35 bits per heavy atom. The zero-order valence-electron chi connectivity index (χ0n) is 9.30. The molecule has 0 heterocycles. The molecular formula is C11H12Cl4O2. The highest BCUT2D eigenvalue weighted by Crippen LogP contribution is 2.34. The lowest BCUT2D eigenvalue weighted by atomic mass is 10.0. The second-order valence-electron chi connectivity index (χ2n) is 3.26. The maximum atomic E-state index is 11.6. The van der Waals surface area contributed by atoms with Crippen LogP contribution in [0.25, 0.3) is 0 Å². The zero-order valence-corrected chi connectivity index (χ0v) is 12.4. The molecule has 17 heavy (non-hydrogen) atoms. The predicted molar refractivity (Wildman–Crippen MR) is 73.8 cm³/mol. The average Bonchev–Trinajstić information content (AvgIpc) is 2.22. The molecule has 1 rings (SSSR count). The number of esters is 1. The molecule has 96 valence electrons. The minimum Gasteiger partial charge on any atom is -0.466 e. The summed E-state index contributed by atoms with van der Waals surface area (Å²) in [6, 6.07) is 3.16. The van der Waals surface area contributed by atoms with Crippen LogP contribution in [0.15, 0.2) is 12.1 Å². The molecule has 1 aromatic carbocycles. The topological polar surface area (TPSA) is 26.3 Å². The van der Waals surface area contributed by atoms with Gasteiger partial charge in [-0.25, -0.2) is 0 Å². The van der Waals surface area contributed by atoms with Gasteiger partial charge >= 0.3 is 5.97 Å². The van der Waals surface area contributed by atoms with Gasteiger partial charge in [-0.2, -0.15) is 0 Å². The van der Waals surface area contributed by atoms with Gasteiger partial charge in [-0.05, 0) is 31.5 Å². The van der Waals surface area contributed by atoms with Gasteiger partial charge in [-0.3, -0.25) is 4.79 Å². The third-order valence-corrected chi connectivity index (χ3v) is 3.16. The van der Waals surface area contributed by atoms with E-state index in [1.165, 1.54) is 6.07 Å². The second kappa shape index (κ2) is 7.32. The van der Waals surface area contributed by atoms with E-state index < -0.39 is 5.92 Å². The van der Waals surface area contributed by atoms with Crippen LogP contribution in [0.1, 0.15) is 25.3 Å². The van der Waals surface area contributed by atoms with Gasteiger partial charge in [-0.1, -0.05) is 34.8 Å². The van der Waals surface area contributed by atoms with Crippen LogP contribution in [0.4, 0.5) is 0 Å². The molecule has 0 aliphatic rings. The smallest absolute Gasteiger partial charge is 0.313 e. The summed E-state index contributed by atoms with van der Waals surface area (Å²) in [5.74, 6) is -0.827. The second-order valence-corrected chi connectivity index (χ2v) is 4.49. The average molecular weight is 318 g/mol. The van der Waals surface area contributed by atoms with E-state index in [2.05, 4.69) is 0 Å². The maximum absolute atomic E-state index is 11.6. The summed E-state index contributed by atoms with van der Waals surface area (Å²) in [4.78, 5) is 11.6. The molecule has 6 heteroatoms. The summed E-state index contributed by atoms with van der Waals surface area (Å²) in [6.45, 7) is 3.78. The molecule has 0 radical (unpaired) electrons. The minimum atomic E-state index is -0.483. The number of benzene rings is 1. The Bertz CT molecular complexity index is 407. The summed E-state index contributed by atoms with van der Waals surface area (Å²) in [5.41, 5.74) is 0.581. The van der Waals surface area contributed by atoms with Gasteiger partial charge in [0.05, 0.1) is 22.6 Å². The van der Waals surface area contributed by atoms with Crippen molar-refractivity contribution in [2.75, 3.05) is 6.61 Å². The zero-order chi connectivity index (χ0) is 12.3. The highest BCUT2D eigenvalue weighted by molar-refractivity contribution is 6.43. The lowest BCUT2D eigenvalue weighted by Crippen LogP contribution is -2.13. The highest BCUT2D eigenvalue weighted by Gasteiger charge is 2.21. The quantitative estimate of drug-likeness (QED) is 0.595. The standard InChI is InChI=1S/C11H11Cl3O2.ClH/c1-3-16-11(15)6(2)8-4-7(12)5-9(13)10(8)14;/h4-6H,3H2,1-2H3;1H. The van der Waals surface area contributed by atoms with E-state index in [4.69, 9.17) is 39.5 Å². The van der Waals surface area contributed by atoms with Crippen molar-refractivity contribution in [1.29, 1.82) is 0 Å². The van der Waals surface area contributed by atoms with E-state index in [1.807, 2.05) is 0 Å². The Morgan fingerprint density at radius 2 is 1.94 bits per heavy atom. The van der Waals surface area contributed by atoms with Gasteiger partial charge in [-0.15, -0.1) is 12.4 Å². The Morgan fingerprint density at radius 3 is 2.47 bits per heavy atom. The van der Waals surface area contributed by atoms with Gasteiger partial charge < -0.3 is 4.74 Å². The van der Waals surface area contributed by atoms with Gasteiger partial charge in [0, 0.05) is 5.02 Å². The fourth-order valence-corrected chi connectivity index (χ4v) is 2.07. The van der Waals surface area contributed by atoms with Crippen LogP contribution >= 0.6 is 47.2 Å². The molecule has 0 saturated heterocycles. The van der Waals surface area contributed by atoms with Crippen LogP contribution < -0.4 is 0 Å². The van der Waals surface area contributed by atoms with Gasteiger partial charge in [0.25, 0.3) is 0 Å². The number of hydrogen-bond acceptors (Lipinski definition) is 2. The third kappa shape index (κ3) is 4.22. The van der Waals surface area contributed by atoms with Crippen molar-refractivity contribution in [2.24, 2.45) is 0 Å². The number of halogens is 4. The third-order valence-electron chi connectivity index (χ3n) is 2.13. The monoisotopic (exact) mass is 316 g/mol. The van der Waals surface area contributed by atoms with E-state index in [0.29, 0.717) is 27.2 Å². The highest BCUT2D eigenvalue weighted by atomic mass is 35.5. The summed E-state index contributed by atoms with van der Waals surface area (Å²) < 4.78 is 4.91. The van der Waals surface area contributed by atoms with Crippen LogP contribution in [0.2, 0.25) is 15.1 Å². The van der Waals surface area contributed by atoms with Crippen molar-refractivity contribution in [1.82, 2.24) is 0 Å². The SMILES string of the molecule is CCOC(=O)C(C)c1cc(Cl)cc(Cl)c1Cl.Cl. The van der Waals surface area contributed by atoms with Crippen molar-refractivity contribution in [3.05, 3.63) is 32.8 Å². The van der Waals surface area contributed by atoms with Crippen LogP contribution in [0.5, 0.6) is 0 Å². The normalized spacial score (nSPS) is 11.6. The van der Waals surface area contributed by atoms with Crippen molar-refractivity contribution < 1.29 is 9.53 Å². The summed E-state index contributed by atoms with van der Waals surface area (Å²) in [5, 5.41) is 1.12. The first-order valence-electron chi connectivity index (χ1n) is 4.78. The van der Waals surface area contributed by atoms with Gasteiger partial charge in [0.1, 0.15) is 0 Å². The molecule has 2 nitrogen and oxygen atoms in total. The van der Waals surface area contributed by atoms with Crippen molar-refractivity contribution in [3.63, 3.8) is 0 Å². The molecule has 0 spiro atoms. The van der Waals surface area contributed by atoms with Gasteiger partial charge in [0.15, 0.2) is 0 Å². The fraction of sp³-hybridized carbons (Fsp3) is 0.364. The Labute approximate surface area is 122 Å². The Kier molecular flexibility index (Phi) is 7.26. The molecule has 1 unspecified atom stereocenters. The number of carbonyl (C=O) groups is 1. The molecule has 1 aromatic rings. The van der Waals surface area contributed by atoms with Gasteiger partial charge in [0.2, 0.25) is 0 Å². The molecule has 0 N–H and O–H groups in total. The van der Waals surface area contributed by atoms with E-state index >= 15 is 0 Å². The van der Waals surface area contributed by atoms with E-state index in [9.17, 15) is 4.79 Å². The largest absolute Gasteiger partial charge is 0.466 e. The Balaban J connectivity index is 0.00000256. The maximum Gasteiger partial charge on any atom is 0.313 e. The van der Waals surface area contributed by atoms with Crippen LogP contribution in [0.3, 0.4) is 0 Å². The molecule has 0 fully saturated rings. The lowest BCUT2D eigenvalue weighted by molar-refractivity contribution is -0.144. The summed E-state index contributed by atoms with van der Waals surface area (Å²) >= 11 is 17.7. The molecule has 1 atom stereocenters. The number of carbonyl (C=O) groups excluding carboxylic acids is 1. The van der Waals surface area contributed by atoms with Crippen molar-refractivity contribution >= 4 is 53.2 Å². The van der Waals surface area contributed by atoms with E-state index in [1.54, 1.807) is 19.9 Å². The minimum absolute atomic E-state index is 0. The molecular weight excluding hydrogens is 306 g/mol. The Hall–Kier alpha value is -0.150. The first kappa shape index (κ1) is 16.9. The fourth-order valence-electron chi connectivity index (χ4n) is 1.29. The summed E-state index contributed by atoms with van der Waals surface area (Å²) in [6.07, 6.45) is 0. The van der Waals surface area contributed by atoms with Crippen molar-refractivity contribution in [2.45, 2.75) is 19.8 Å². The molecule has 0 saturated carbocycles. The van der Waals surface area contributed by atoms with Crippen LogP contribution in [0, 0.1) is 0 Å². The number of rotatable bonds is 3. The first-order valence-corrected chi connectivity index (χ1v) is 5.91. The van der Waals surface area contributed by atoms with Crippen LogP contribution in [-0.2, 0) is 9.53 Å². The molecule has 0 amide bonds. The van der Waals surface area contributed by atoms with Crippen LogP contribution in [-0.4, -0.2) is 12.6 Å². The molecule has 0 aliphatic heterocycles. The first-order chi connectivity index (χ1) is 7.47. The number of ether oxygens (including phenoxy) is 1. The van der Waals surface area contributed by atoms with Crippen molar-refractivity contribution in [3.8, 4) is 0 Å². The van der Waals surface area contributed by atoms with E-state index in [-0.39, 0.29) is 18.4 Å². The lowest BCUT2D eigenvalue weighted by Gasteiger charge is -2.13. The molecule has 0 bridgehead atoms. The number of hydrogen-bond donors (Lipinski definition) is 0. The summed E-state index contributed by atoms with van der Waals surface area (Å²) in [7, 11) is 0. The van der Waals surface area contributed by atoms with E-state index in [0.717, 1.165) is 0 Å². The predicted octanol–water partition coefficient (Wildman–Crippen LogP) is 4.74. The molecule has 0 aromatic heterocycles. The molecule has 0 aliphatic carbocycles.